The summed E-state index contributed by atoms with van der Waals surface area (Å²) in [7, 11) is 1.67. The molecule has 1 rings (SSSR count). The lowest BCUT2D eigenvalue weighted by Crippen LogP contribution is -2.46. The Morgan fingerprint density at radius 2 is 1.54 bits per heavy atom. The number of nitrogens with zero attached hydrogens (tertiary/aromatic N) is 1. The Kier molecular flexibility index (Phi) is 12.8. The zero-order chi connectivity index (χ0) is 22.0. The summed E-state index contributed by atoms with van der Waals surface area (Å²) in [6, 6.07) is 0. The van der Waals surface area contributed by atoms with E-state index in [-0.39, 0.29) is 23.7 Å². The van der Waals surface area contributed by atoms with Crippen LogP contribution >= 0.6 is 0 Å². The molecule has 0 bridgehead atoms. The number of cyclic esters (lactones) is 1. The molecular formula is C22H43NO5. The number of carbonyl (C=O) groups excluding carboxylic acids is 1. The van der Waals surface area contributed by atoms with E-state index in [1.807, 2.05) is 41.5 Å². The molecule has 1 aliphatic rings. The molecular weight excluding hydrogens is 358 g/mol. The number of carbonyl (C=O) groups is 1. The molecule has 0 amide bonds. The number of ether oxygens (including phenoxy) is 1. The van der Waals surface area contributed by atoms with Crippen LogP contribution in [0.25, 0.3) is 0 Å². The van der Waals surface area contributed by atoms with Crippen molar-refractivity contribution in [2.24, 2.45) is 28.7 Å². The standard InChI is InChI=1S/C20H37NO5.C2H6/c1-7-16-19(24)18(23)14(5)17(21-6)12(3)10-15(22)9-11(2)8-13(4)20(25)26-16;1-2/h11-16,18-19,22-24H,7-10H2,1-6H3;1-2H3/t11-,12+,13?,14?,15?,16+,18?,19?;/m0./s1. The van der Waals surface area contributed by atoms with E-state index >= 15 is 0 Å². The van der Waals surface area contributed by atoms with Crippen LogP contribution < -0.4 is 0 Å². The molecule has 6 nitrogen and oxygen atoms in total. The van der Waals surface area contributed by atoms with Gasteiger partial charge < -0.3 is 20.1 Å². The number of rotatable bonds is 1. The van der Waals surface area contributed by atoms with Gasteiger partial charge in [-0.15, -0.1) is 0 Å². The quantitative estimate of drug-likeness (QED) is 0.586. The fraction of sp³-hybridized carbons (Fsp3) is 0.909. The first-order valence-electron chi connectivity index (χ1n) is 10.8. The topological polar surface area (TPSA) is 99.4 Å². The molecule has 6 heteroatoms. The Balaban J connectivity index is 0.00000352. The highest BCUT2D eigenvalue weighted by molar-refractivity contribution is 5.89. The van der Waals surface area contributed by atoms with Crippen molar-refractivity contribution >= 4 is 11.7 Å². The highest BCUT2D eigenvalue weighted by Gasteiger charge is 2.36. The first kappa shape index (κ1) is 27.0. The maximum absolute atomic E-state index is 12.4. The first-order chi connectivity index (χ1) is 13.1. The number of esters is 1. The number of aliphatic hydroxyl groups excluding tert-OH is 3. The molecule has 1 aliphatic heterocycles. The van der Waals surface area contributed by atoms with Crippen molar-refractivity contribution in [1.82, 2.24) is 0 Å². The van der Waals surface area contributed by atoms with E-state index < -0.39 is 30.3 Å². The van der Waals surface area contributed by atoms with Crippen LogP contribution in [0, 0.1) is 23.7 Å². The summed E-state index contributed by atoms with van der Waals surface area (Å²) >= 11 is 0. The van der Waals surface area contributed by atoms with Crippen LogP contribution in [0.3, 0.4) is 0 Å². The van der Waals surface area contributed by atoms with Gasteiger partial charge in [-0.1, -0.05) is 48.5 Å². The minimum Gasteiger partial charge on any atom is -0.459 e. The minimum atomic E-state index is -1.18. The Hall–Kier alpha value is -0.980. The van der Waals surface area contributed by atoms with Gasteiger partial charge in [0.25, 0.3) is 0 Å². The van der Waals surface area contributed by atoms with Crippen LogP contribution in [0.4, 0.5) is 0 Å². The number of aliphatic hydroxyl groups is 3. The second-order valence-corrected chi connectivity index (χ2v) is 8.07. The predicted molar refractivity (Wildman–Crippen MR) is 113 cm³/mol. The van der Waals surface area contributed by atoms with Crippen LogP contribution in [0.5, 0.6) is 0 Å². The summed E-state index contributed by atoms with van der Waals surface area (Å²) in [4.78, 5) is 16.7. The van der Waals surface area contributed by atoms with Gasteiger partial charge >= 0.3 is 5.97 Å². The summed E-state index contributed by atoms with van der Waals surface area (Å²) in [5.41, 5.74) is 0.759. The van der Waals surface area contributed by atoms with Crippen molar-refractivity contribution in [3.8, 4) is 0 Å². The van der Waals surface area contributed by atoms with Gasteiger partial charge in [0.05, 0.1) is 18.1 Å². The Labute approximate surface area is 171 Å². The fourth-order valence-electron chi connectivity index (χ4n) is 4.11. The van der Waals surface area contributed by atoms with E-state index in [0.717, 1.165) is 5.71 Å². The average molecular weight is 402 g/mol. The number of hydrogen-bond acceptors (Lipinski definition) is 6. The van der Waals surface area contributed by atoms with E-state index in [1.54, 1.807) is 14.0 Å². The highest BCUT2D eigenvalue weighted by Crippen LogP contribution is 2.27. The zero-order valence-corrected chi connectivity index (χ0v) is 19.1. The van der Waals surface area contributed by atoms with Crippen LogP contribution in [-0.2, 0) is 9.53 Å². The predicted octanol–water partition coefficient (Wildman–Crippen LogP) is 3.22. The molecule has 28 heavy (non-hydrogen) atoms. The van der Waals surface area contributed by atoms with E-state index in [0.29, 0.717) is 25.7 Å². The molecule has 166 valence electrons. The fourth-order valence-corrected chi connectivity index (χ4v) is 4.11. The van der Waals surface area contributed by atoms with Crippen molar-refractivity contribution in [3.63, 3.8) is 0 Å². The summed E-state index contributed by atoms with van der Waals surface area (Å²) in [6.07, 6.45) is -1.34. The Morgan fingerprint density at radius 3 is 2.04 bits per heavy atom. The lowest BCUT2D eigenvalue weighted by molar-refractivity contribution is -0.166. The molecule has 0 spiro atoms. The van der Waals surface area contributed by atoms with Gasteiger partial charge in [0, 0.05) is 18.7 Å². The molecule has 1 saturated heterocycles. The van der Waals surface area contributed by atoms with Crippen molar-refractivity contribution in [1.29, 1.82) is 0 Å². The molecule has 0 radical (unpaired) electrons. The highest BCUT2D eigenvalue weighted by atomic mass is 16.6. The summed E-state index contributed by atoms with van der Waals surface area (Å²) < 4.78 is 5.51. The van der Waals surface area contributed by atoms with Crippen LogP contribution in [-0.4, -0.2) is 58.5 Å². The van der Waals surface area contributed by atoms with Gasteiger partial charge in [0.2, 0.25) is 0 Å². The smallest absolute Gasteiger partial charge is 0.309 e. The van der Waals surface area contributed by atoms with E-state index in [2.05, 4.69) is 4.99 Å². The third-order valence-electron chi connectivity index (χ3n) is 5.60. The van der Waals surface area contributed by atoms with Crippen LogP contribution in [0.1, 0.15) is 74.1 Å². The molecule has 0 aromatic rings. The van der Waals surface area contributed by atoms with E-state index in [4.69, 9.17) is 4.74 Å². The molecule has 3 N–H and O–H groups in total. The number of hydrogen-bond donors (Lipinski definition) is 3. The molecule has 0 aromatic carbocycles. The maximum Gasteiger partial charge on any atom is 0.309 e. The van der Waals surface area contributed by atoms with Crippen molar-refractivity contribution in [3.05, 3.63) is 0 Å². The summed E-state index contributed by atoms with van der Waals surface area (Å²) in [5, 5.41) is 31.7. The average Bonchev–Trinajstić information content (AvgIpc) is 2.65. The molecule has 1 heterocycles. The summed E-state index contributed by atoms with van der Waals surface area (Å²) in [5.74, 6) is -0.921. The van der Waals surface area contributed by atoms with Gasteiger partial charge in [-0.25, -0.2) is 0 Å². The van der Waals surface area contributed by atoms with Gasteiger partial charge in [-0.3, -0.25) is 9.79 Å². The number of aliphatic imine (C=N–C) groups is 1. The van der Waals surface area contributed by atoms with E-state index in [9.17, 15) is 20.1 Å². The normalized spacial score (nSPS) is 40.1. The SMILES string of the molecule is CC.CC[C@H]1OC(=O)C(C)C[C@H](C)CC(O)C[C@@H](C)C(=NC)C(C)C(O)C1O. The van der Waals surface area contributed by atoms with Gasteiger partial charge in [0.1, 0.15) is 12.2 Å². The van der Waals surface area contributed by atoms with Crippen molar-refractivity contribution in [2.75, 3.05) is 7.05 Å². The lowest BCUT2D eigenvalue weighted by Gasteiger charge is -2.33. The second kappa shape index (κ2) is 13.3. The maximum atomic E-state index is 12.4. The van der Waals surface area contributed by atoms with Gasteiger partial charge in [-0.2, -0.15) is 0 Å². The zero-order valence-electron chi connectivity index (χ0n) is 19.1. The summed E-state index contributed by atoms with van der Waals surface area (Å²) in [6.45, 7) is 13.4. The molecule has 5 unspecified atom stereocenters. The van der Waals surface area contributed by atoms with Crippen molar-refractivity contribution < 1.29 is 24.9 Å². The van der Waals surface area contributed by atoms with E-state index in [1.165, 1.54) is 0 Å². The molecule has 8 atom stereocenters. The van der Waals surface area contributed by atoms with Gasteiger partial charge in [-0.05, 0) is 37.5 Å². The third kappa shape index (κ3) is 7.80. The molecule has 1 fully saturated rings. The monoisotopic (exact) mass is 401 g/mol. The molecule has 0 aliphatic carbocycles. The van der Waals surface area contributed by atoms with Crippen molar-refractivity contribution in [2.45, 2.75) is 98.6 Å². The molecule has 0 saturated carbocycles. The van der Waals surface area contributed by atoms with Crippen LogP contribution in [0.2, 0.25) is 0 Å². The molecule has 0 aromatic heterocycles. The first-order valence-corrected chi connectivity index (χ1v) is 10.8. The lowest BCUT2D eigenvalue weighted by atomic mass is 9.82. The Bertz CT molecular complexity index is 482. The Morgan fingerprint density at radius 1 is 0.964 bits per heavy atom. The van der Waals surface area contributed by atoms with Gasteiger partial charge in [0.15, 0.2) is 0 Å². The largest absolute Gasteiger partial charge is 0.459 e. The minimum absolute atomic E-state index is 0.0120. The second-order valence-electron chi connectivity index (χ2n) is 8.07. The van der Waals surface area contributed by atoms with Crippen LogP contribution in [0.15, 0.2) is 4.99 Å². The third-order valence-corrected chi connectivity index (χ3v) is 5.60.